The second-order valence-electron chi connectivity index (χ2n) is 16.8. The van der Waals surface area contributed by atoms with Crippen LogP contribution in [-0.4, -0.2) is 81.5 Å². The molecule has 4 rings (SSSR count). The SMILES string of the molecule is COC(=O)[C@@H](NC(=O)CC[C@@H](C)[C@H]1CC[C@H]2[C@@H]3[C@H](O)C[C@@H]4C[C@@H](NCCCNCCNCCCN)CC[C@]4(C)[C@H]3CC[C@]12C)C(C)C. The first-order valence-electron chi connectivity index (χ1n) is 19.4. The summed E-state index contributed by atoms with van der Waals surface area (Å²) in [4.78, 5) is 25.0. The summed E-state index contributed by atoms with van der Waals surface area (Å²) in [6.45, 7) is 17.1. The van der Waals surface area contributed by atoms with Gasteiger partial charge in [-0.15, -0.1) is 0 Å². The Morgan fingerprint density at radius 3 is 2.26 bits per heavy atom. The molecule has 4 aliphatic carbocycles. The molecule has 4 saturated carbocycles. The van der Waals surface area contributed by atoms with Crippen molar-refractivity contribution in [2.24, 2.45) is 58.0 Å². The summed E-state index contributed by atoms with van der Waals surface area (Å²) < 4.78 is 4.91. The van der Waals surface area contributed by atoms with Crippen LogP contribution < -0.4 is 27.0 Å². The molecule has 9 nitrogen and oxygen atoms in total. The molecule has 9 heteroatoms. The second kappa shape index (κ2) is 17.6. The normalized spacial score (nSPS) is 36.2. The van der Waals surface area contributed by atoms with E-state index in [1.165, 1.54) is 52.1 Å². The van der Waals surface area contributed by atoms with Crippen LogP contribution in [0.5, 0.6) is 0 Å². The molecule has 1 amide bonds. The highest BCUT2D eigenvalue weighted by atomic mass is 16.5. The monoisotopic (exact) mass is 662 g/mol. The van der Waals surface area contributed by atoms with E-state index in [4.69, 9.17) is 10.5 Å². The molecule has 7 N–H and O–H groups in total. The number of nitrogens with two attached hydrogens (primary N) is 1. The van der Waals surface area contributed by atoms with Crippen LogP contribution in [0.1, 0.15) is 112 Å². The minimum atomic E-state index is -0.595. The van der Waals surface area contributed by atoms with Gasteiger partial charge in [0, 0.05) is 25.6 Å². The van der Waals surface area contributed by atoms with Crippen molar-refractivity contribution in [1.82, 2.24) is 21.3 Å². The molecule has 47 heavy (non-hydrogen) atoms. The molecule has 0 aliphatic heterocycles. The number of esters is 1. The predicted octanol–water partition coefficient (Wildman–Crippen LogP) is 4.22. The van der Waals surface area contributed by atoms with Crippen LogP contribution >= 0.6 is 0 Å². The molecular formula is C38H71N5O4. The standard InChI is InChI=1S/C38H71N5O4/c1-25(2)35(36(46)47-6)43-33(45)12-9-26(3)29-10-11-30-34-31(14-16-38(29,30)5)37(4)15-13-28(23-27(37)24-32(34)44)42-20-8-19-41-22-21-40-18-7-17-39/h25-32,34-35,40-42,44H,7-24,39H2,1-6H3,(H,43,45)/t26-,27+,28+,29-,30+,31+,32-,34+,35+,37+,38-/m1/s1. The lowest BCUT2D eigenvalue weighted by atomic mass is 9.43. The largest absolute Gasteiger partial charge is 0.467 e. The Morgan fingerprint density at radius 2 is 1.57 bits per heavy atom. The number of amides is 1. The van der Waals surface area contributed by atoms with Crippen molar-refractivity contribution in [3.05, 3.63) is 0 Å². The molecule has 4 aliphatic rings. The molecule has 0 bridgehead atoms. The van der Waals surface area contributed by atoms with Gasteiger partial charge in [0.2, 0.25) is 5.91 Å². The fourth-order valence-electron chi connectivity index (χ4n) is 11.0. The van der Waals surface area contributed by atoms with Crippen molar-refractivity contribution in [3.63, 3.8) is 0 Å². The van der Waals surface area contributed by atoms with E-state index >= 15 is 0 Å². The average molecular weight is 662 g/mol. The number of hydrogen-bond acceptors (Lipinski definition) is 8. The van der Waals surface area contributed by atoms with Gasteiger partial charge in [0.15, 0.2) is 0 Å². The Kier molecular flexibility index (Phi) is 14.4. The number of rotatable bonds is 18. The first-order valence-corrected chi connectivity index (χ1v) is 19.4. The van der Waals surface area contributed by atoms with E-state index in [0.29, 0.717) is 53.4 Å². The van der Waals surface area contributed by atoms with Crippen LogP contribution in [0, 0.1) is 52.3 Å². The summed E-state index contributed by atoms with van der Waals surface area (Å²) in [7, 11) is 1.37. The molecule has 0 aromatic carbocycles. The summed E-state index contributed by atoms with van der Waals surface area (Å²) in [5, 5.41) is 25.6. The Labute approximate surface area is 286 Å². The highest BCUT2D eigenvalue weighted by Gasteiger charge is 2.62. The Hall–Kier alpha value is -1.26. The lowest BCUT2D eigenvalue weighted by Gasteiger charge is -2.62. The van der Waals surface area contributed by atoms with E-state index in [0.717, 1.165) is 65.0 Å². The first-order chi connectivity index (χ1) is 22.5. The molecule has 11 atom stereocenters. The molecular weight excluding hydrogens is 590 g/mol. The molecule has 0 unspecified atom stereocenters. The van der Waals surface area contributed by atoms with E-state index in [1.54, 1.807) is 0 Å². The number of carbonyl (C=O) groups excluding carboxylic acids is 2. The maximum Gasteiger partial charge on any atom is 0.328 e. The van der Waals surface area contributed by atoms with E-state index in [-0.39, 0.29) is 29.3 Å². The summed E-state index contributed by atoms with van der Waals surface area (Å²) in [5.41, 5.74) is 6.10. The van der Waals surface area contributed by atoms with Crippen molar-refractivity contribution in [1.29, 1.82) is 0 Å². The van der Waals surface area contributed by atoms with Crippen molar-refractivity contribution < 1.29 is 19.4 Å². The van der Waals surface area contributed by atoms with Crippen molar-refractivity contribution in [2.75, 3.05) is 46.4 Å². The number of aliphatic hydroxyl groups excluding tert-OH is 1. The van der Waals surface area contributed by atoms with Crippen molar-refractivity contribution in [2.45, 2.75) is 130 Å². The zero-order valence-corrected chi connectivity index (χ0v) is 30.8. The predicted molar refractivity (Wildman–Crippen MR) is 190 cm³/mol. The number of fused-ring (bicyclic) bond motifs is 5. The van der Waals surface area contributed by atoms with Gasteiger partial charge < -0.3 is 36.8 Å². The van der Waals surface area contributed by atoms with Crippen LogP contribution in [0.4, 0.5) is 0 Å². The Morgan fingerprint density at radius 1 is 0.894 bits per heavy atom. The second-order valence-corrected chi connectivity index (χ2v) is 16.8. The van der Waals surface area contributed by atoms with Crippen LogP contribution in [-0.2, 0) is 14.3 Å². The summed E-state index contributed by atoms with van der Waals surface area (Å²) >= 11 is 0. The number of nitrogens with one attached hydrogen (secondary N) is 4. The fourth-order valence-corrected chi connectivity index (χ4v) is 11.0. The van der Waals surface area contributed by atoms with Gasteiger partial charge in [-0.3, -0.25) is 4.79 Å². The minimum Gasteiger partial charge on any atom is -0.467 e. The highest BCUT2D eigenvalue weighted by molar-refractivity contribution is 5.84. The molecule has 4 fully saturated rings. The van der Waals surface area contributed by atoms with Crippen molar-refractivity contribution >= 4 is 11.9 Å². The number of hydrogen-bond donors (Lipinski definition) is 6. The molecule has 0 aromatic heterocycles. The number of aliphatic hydroxyl groups is 1. The fraction of sp³-hybridized carbons (Fsp3) is 0.947. The summed E-state index contributed by atoms with van der Waals surface area (Å²) in [6, 6.07) is -0.0248. The van der Waals surface area contributed by atoms with Gasteiger partial charge in [0.1, 0.15) is 6.04 Å². The van der Waals surface area contributed by atoms with Crippen LogP contribution in [0.15, 0.2) is 0 Å². The Bertz CT molecular complexity index is 997. The summed E-state index contributed by atoms with van der Waals surface area (Å²) in [6.07, 6.45) is 12.8. The van der Waals surface area contributed by atoms with E-state index < -0.39 is 6.04 Å². The molecule has 0 spiro atoms. The molecule has 0 radical (unpaired) electrons. The van der Waals surface area contributed by atoms with E-state index in [9.17, 15) is 14.7 Å². The smallest absolute Gasteiger partial charge is 0.328 e. The third kappa shape index (κ3) is 9.11. The lowest BCUT2D eigenvalue weighted by Crippen LogP contribution is -2.59. The average Bonchev–Trinajstić information content (AvgIpc) is 3.40. The highest BCUT2D eigenvalue weighted by Crippen LogP contribution is 2.68. The quantitative estimate of drug-likeness (QED) is 0.0949. The zero-order chi connectivity index (χ0) is 34.2. The lowest BCUT2D eigenvalue weighted by molar-refractivity contribution is -0.167. The zero-order valence-electron chi connectivity index (χ0n) is 30.8. The van der Waals surface area contributed by atoms with Gasteiger partial charge in [-0.2, -0.15) is 0 Å². The van der Waals surface area contributed by atoms with Gasteiger partial charge in [-0.1, -0.05) is 34.6 Å². The summed E-state index contributed by atoms with van der Waals surface area (Å²) in [5.74, 6) is 2.74. The van der Waals surface area contributed by atoms with E-state index in [1.807, 2.05) is 13.8 Å². The Balaban J connectivity index is 1.25. The molecule has 0 aromatic rings. The third-order valence-corrected chi connectivity index (χ3v) is 13.7. The van der Waals surface area contributed by atoms with Gasteiger partial charge in [0.25, 0.3) is 0 Å². The van der Waals surface area contributed by atoms with Crippen LogP contribution in [0.2, 0.25) is 0 Å². The molecule has 272 valence electrons. The molecule has 0 saturated heterocycles. The first kappa shape index (κ1) is 38.5. The van der Waals surface area contributed by atoms with Gasteiger partial charge in [0.05, 0.1) is 13.2 Å². The van der Waals surface area contributed by atoms with Crippen LogP contribution in [0.3, 0.4) is 0 Å². The number of ether oxygens (including phenoxy) is 1. The van der Waals surface area contributed by atoms with Gasteiger partial charge in [-0.05, 0) is 149 Å². The third-order valence-electron chi connectivity index (χ3n) is 13.7. The minimum absolute atomic E-state index is 0.0133. The molecule has 0 heterocycles. The van der Waals surface area contributed by atoms with Crippen molar-refractivity contribution in [3.8, 4) is 0 Å². The van der Waals surface area contributed by atoms with Crippen LogP contribution in [0.25, 0.3) is 0 Å². The van der Waals surface area contributed by atoms with E-state index in [2.05, 4.69) is 42.0 Å². The van der Waals surface area contributed by atoms with Gasteiger partial charge >= 0.3 is 5.97 Å². The topological polar surface area (TPSA) is 138 Å². The maximum absolute atomic E-state index is 12.9. The number of carbonyl (C=O) groups is 2. The maximum atomic E-state index is 12.9. The number of methoxy groups -OCH3 is 1. The van der Waals surface area contributed by atoms with Gasteiger partial charge in [-0.25, -0.2) is 4.79 Å².